The Bertz CT molecular complexity index is 868. The van der Waals surface area contributed by atoms with Crippen LogP contribution in [0.5, 0.6) is 0 Å². The SMILES string of the molecule is CC1CCC(C)N1.CCON1CCNCC1.CN1CCNCC1.OC1CCNC1.OC1CCNCC1.c1ccc2ncccc2c1. The second kappa shape index (κ2) is 26.2. The maximum atomic E-state index is 8.87. The molecule has 2 aromatic rings. The summed E-state index contributed by atoms with van der Waals surface area (Å²) < 4.78 is 0. The van der Waals surface area contributed by atoms with Crippen LogP contribution in [0.3, 0.4) is 0 Å². The first kappa shape index (κ1) is 40.4. The number of para-hydroxylation sites is 1. The summed E-state index contributed by atoms with van der Waals surface area (Å²) in [7, 11) is 2.15. The molecule has 264 valence electrons. The highest BCUT2D eigenvalue weighted by Crippen LogP contribution is 2.10. The van der Waals surface area contributed by atoms with Gasteiger partial charge in [-0.3, -0.25) is 9.82 Å². The van der Waals surface area contributed by atoms with E-state index in [4.69, 9.17) is 15.1 Å². The quantitative estimate of drug-likeness (QED) is 0.258. The number of fused-ring (bicyclic) bond motifs is 1. The van der Waals surface area contributed by atoms with Gasteiger partial charge in [0.05, 0.1) is 24.3 Å². The Morgan fingerprint density at radius 2 is 1.26 bits per heavy atom. The van der Waals surface area contributed by atoms with E-state index in [9.17, 15) is 0 Å². The van der Waals surface area contributed by atoms with Crippen molar-refractivity contribution in [1.29, 1.82) is 0 Å². The lowest BCUT2D eigenvalue weighted by atomic mass is 10.1. The highest BCUT2D eigenvalue weighted by molar-refractivity contribution is 5.77. The van der Waals surface area contributed by atoms with Gasteiger partial charge in [-0.2, -0.15) is 5.06 Å². The Morgan fingerprint density at radius 1 is 0.717 bits per heavy atom. The predicted molar refractivity (Wildman–Crippen MR) is 191 cm³/mol. The van der Waals surface area contributed by atoms with E-state index in [0.29, 0.717) is 0 Å². The van der Waals surface area contributed by atoms with E-state index in [-0.39, 0.29) is 12.2 Å². The lowest BCUT2D eigenvalue weighted by molar-refractivity contribution is -0.159. The van der Waals surface area contributed by atoms with Gasteiger partial charge in [-0.1, -0.05) is 24.3 Å². The topological polar surface area (TPSA) is 129 Å². The summed E-state index contributed by atoms with van der Waals surface area (Å²) in [6.07, 6.45) is 7.23. The predicted octanol–water partition coefficient (Wildman–Crippen LogP) is 1.82. The van der Waals surface area contributed by atoms with Crippen molar-refractivity contribution in [1.82, 2.24) is 41.5 Å². The number of likely N-dealkylation sites (N-methyl/N-ethyl adjacent to an activating group) is 1. The molecule has 0 amide bonds. The van der Waals surface area contributed by atoms with Gasteiger partial charge in [-0.15, -0.1) is 0 Å². The molecule has 0 saturated carbocycles. The van der Waals surface area contributed by atoms with Crippen molar-refractivity contribution in [3.05, 3.63) is 42.6 Å². The van der Waals surface area contributed by atoms with Crippen LogP contribution in [0.4, 0.5) is 0 Å². The number of hydrogen-bond acceptors (Lipinski definition) is 11. The number of piperazine rings is 2. The summed E-state index contributed by atoms with van der Waals surface area (Å²) in [5.74, 6) is 0. The molecule has 5 aliphatic heterocycles. The maximum Gasteiger partial charge on any atom is 0.0701 e. The number of pyridine rings is 1. The van der Waals surface area contributed by atoms with E-state index in [0.717, 1.165) is 109 Å². The van der Waals surface area contributed by atoms with Gasteiger partial charge in [-0.05, 0) is 91.7 Å². The minimum Gasteiger partial charge on any atom is -0.393 e. The lowest BCUT2D eigenvalue weighted by Crippen LogP contribution is -2.43. The molecule has 0 radical (unpaired) electrons. The smallest absolute Gasteiger partial charge is 0.0701 e. The van der Waals surface area contributed by atoms with Crippen LogP contribution < -0.4 is 26.6 Å². The molecule has 7 rings (SSSR count). The van der Waals surface area contributed by atoms with E-state index in [1.165, 1.54) is 31.3 Å². The van der Waals surface area contributed by atoms with Crippen molar-refractivity contribution >= 4 is 10.9 Å². The molecule has 7 N–H and O–H groups in total. The van der Waals surface area contributed by atoms with Gasteiger partial charge in [0.25, 0.3) is 0 Å². The Balaban J connectivity index is 0.000000194. The number of aromatic nitrogens is 1. The molecular formula is C35H66N8O3. The molecular weight excluding hydrogens is 580 g/mol. The summed E-state index contributed by atoms with van der Waals surface area (Å²) in [5.41, 5.74) is 1.06. The Hall–Kier alpha value is -1.77. The van der Waals surface area contributed by atoms with Crippen molar-refractivity contribution in [3.8, 4) is 0 Å². The molecule has 1 aromatic heterocycles. The molecule has 0 bridgehead atoms. The van der Waals surface area contributed by atoms with E-state index >= 15 is 0 Å². The monoisotopic (exact) mass is 647 g/mol. The highest BCUT2D eigenvalue weighted by atomic mass is 16.7. The zero-order valence-electron chi connectivity index (χ0n) is 29.2. The number of β-amino-alcohol motifs (C(OH)–C–C–N with tert-alkyl or cyclic N) is 1. The summed E-state index contributed by atoms with van der Waals surface area (Å²) in [5, 5.41) is 36.9. The Morgan fingerprint density at radius 3 is 1.67 bits per heavy atom. The van der Waals surface area contributed by atoms with Crippen LogP contribution in [-0.4, -0.2) is 142 Å². The molecule has 11 nitrogen and oxygen atoms in total. The number of aliphatic hydroxyl groups excluding tert-OH is 2. The molecule has 46 heavy (non-hydrogen) atoms. The van der Waals surface area contributed by atoms with Crippen molar-refractivity contribution in [2.45, 2.75) is 77.2 Å². The summed E-state index contributed by atoms with van der Waals surface area (Å²) in [4.78, 5) is 11.8. The first-order valence-corrected chi connectivity index (χ1v) is 17.7. The third kappa shape index (κ3) is 20.5. The zero-order valence-corrected chi connectivity index (χ0v) is 29.2. The average molecular weight is 647 g/mol. The third-order valence-corrected chi connectivity index (χ3v) is 8.19. The van der Waals surface area contributed by atoms with E-state index in [2.05, 4.69) is 69.5 Å². The van der Waals surface area contributed by atoms with Gasteiger partial charge in [0.15, 0.2) is 0 Å². The van der Waals surface area contributed by atoms with Gasteiger partial charge in [0, 0.05) is 82.6 Å². The average Bonchev–Trinajstić information content (AvgIpc) is 3.73. The van der Waals surface area contributed by atoms with Gasteiger partial charge in [-0.25, -0.2) is 0 Å². The molecule has 11 heteroatoms. The fraction of sp³-hybridized carbons (Fsp3) is 0.743. The molecule has 6 heterocycles. The molecule has 5 saturated heterocycles. The van der Waals surface area contributed by atoms with E-state index in [1.54, 1.807) is 0 Å². The Kier molecular flexibility index (Phi) is 23.0. The second-order valence-electron chi connectivity index (χ2n) is 12.5. The van der Waals surface area contributed by atoms with Gasteiger partial charge in [0.1, 0.15) is 0 Å². The molecule has 5 fully saturated rings. The number of benzene rings is 1. The number of nitrogens with zero attached hydrogens (tertiary/aromatic N) is 3. The van der Waals surface area contributed by atoms with Gasteiger partial charge < -0.3 is 41.7 Å². The summed E-state index contributed by atoms with van der Waals surface area (Å²) in [6.45, 7) is 19.9. The lowest BCUT2D eigenvalue weighted by Gasteiger charge is -2.25. The zero-order chi connectivity index (χ0) is 33.2. The van der Waals surface area contributed by atoms with Crippen LogP contribution in [0.15, 0.2) is 42.6 Å². The summed E-state index contributed by atoms with van der Waals surface area (Å²) >= 11 is 0. The highest BCUT2D eigenvalue weighted by Gasteiger charge is 2.14. The molecule has 0 aliphatic carbocycles. The van der Waals surface area contributed by atoms with Crippen molar-refractivity contribution in [2.24, 2.45) is 0 Å². The third-order valence-electron chi connectivity index (χ3n) is 8.19. The number of hydroxylamine groups is 2. The van der Waals surface area contributed by atoms with Gasteiger partial charge in [0.2, 0.25) is 0 Å². The first-order valence-electron chi connectivity index (χ1n) is 17.7. The minimum absolute atomic E-state index is 0.0266. The van der Waals surface area contributed by atoms with E-state index < -0.39 is 0 Å². The molecule has 5 aliphatic rings. The van der Waals surface area contributed by atoms with Crippen molar-refractivity contribution < 1.29 is 15.1 Å². The molecule has 1 aromatic carbocycles. The largest absolute Gasteiger partial charge is 0.393 e. The maximum absolute atomic E-state index is 8.87. The van der Waals surface area contributed by atoms with Gasteiger partial charge >= 0.3 is 0 Å². The van der Waals surface area contributed by atoms with Crippen LogP contribution in [0.25, 0.3) is 10.9 Å². The standard InChI is InChI=1S/C9H7N.C6H14N2O.C6H13N.C5H12N2.C5H11NO.C4H9NO/c1-2-6-9-8(4-1)5-3-7-10-9;1-2-9-8-5-3-7-4-6-8;1-5-3-4-6(2)7-5;1-7-4-2-6-3-5-7;7-5-1-3-6-4-2-5;6-4-1-2-5-3-4/h1-7H;7H,2-6H2,1H3;5-7H,3-4H2,1-2H3;6H,2-5H2,1H3;5-7H,1-4H2;4-6H,1-3H2. The number of rotatable bonds is 2. The number of piperidine rings is 1. The first-order chi connectivity index (χ1) is 22.4. The summed E-state index contributed by atoms with van der Waals surface area (Å²) in [6, 6.07) is 13.6. The fourth-order valence-electron chi connectivity index (χ4n) is 5.35. The van der Waals surface area contributed by atoms with Crippen molar-refractivity contribution in [2.75, 3.05) is 92.2 Å². The minimum atomic E-state index is -0.0648. The number of nitrogens with one attached hydrogen (secondary N) is 5. The molecule has 3 unspecified atom stereocenters. The molecule has 3 atom stereocenters. The normalized spacial score (nSPS) is 25.1. The number of aliphatic hydroxyl groups is 2. The van der Waals surface area contributed by atoms with Crippen LogP contribution in [0, 0.1) is 0 Å². The van der Waals surface area contributed by atoms with Crippen molar-refractivity contribution in [3.63, 3.8) is 0 Å². The number of hydrogen-bond donors (Lipinski definition) is 7. The second-order valence-corrected chi connectivity index (χ2v) is 12.5. The van der Waals surface area contributed by atoms with E-state index in [1.807, 2.05) is 42.4 Å². The van der Waals surface area contributed by atoms with Crippen LogP contribution >= 0.6 is 0 Å². The van der Waals surface area contributed by atoms with Crippen LogP contribution in [-0.2, 0) is 4.84 Å². The molecule has 0 spiro atoms. The fourth-order valence-corrected chi connectivity index (χ4v) is 5.35. The van der Waals surface area contributed by atoms with Crippen LogP contribution in [0.1, 0.15) is 52.9 Å². The van der Waals surface area contributed by atoms with Crippen LogP contribution in [0.2, 0.25) is 0 Å². The Labute approximate surface area is 279 Å².